The predicted octanol–water partition coefficient (Wildman–Crippen LogP) is 1.76. The molecule has 6 nitrogen and oxygen atoms in total. The molecule has 2 aromatic heterocycles. The number of aromatic carboxylic acids is 1. The van der Waals surface area contributed by atoms with Gasteiger partial charge in [-0.25, -0.2) is 4.79 Å². The lowest BCUT2D eigenvalue weighted by atomic mass is 10.2. The maximum atomic E-state index is 11.8. The van der Waals surface area contributed by atoms with Gasteiger partial charge < -0.3 is 10.4 Å². The van der Waals surface area contributed by atoms with Gasteiger partial charge in [-0.15, -0.1) is 0 Å². The minimum atomic E-state index is -1.04. The molecule has 2 rings (SSSR count). The van der Waals surface area contributed by atoms with Crippen LogP contribution in [-0.4, -0.2) is 27.0 Å². The first-order valence-corrected chi connectivity index (χ1v) is 6.02. The number of rotatable bonds is 4. The molecule has 2 N–H and O–H groups in total. The molecule has 0 aromatic carbocycles. The van der Waals surface area contributed by atoms with Crippen LogP contribution in [-0.2, 0) is 6.54 Å². The van der Waals surface area contributed by atoms with E-state index in [9.17, 15) is 9.59 Å². The summed E-state index contributed by atoms with van der Waals surface area (Å²) < 4.78 is 0. The van der Waals surface area contributed by atoms with E-state index in [4.69, 9.17) is 16.7 Å². The summed E-state index contributed by atoms with van der Waals surface area (Å²) in [6.07, 6.45) is 2.81. The van der Waals surface area contributed by atoms with E-state index in [-0.39, 0.29) is 17.8 Å². The van der Waals surface area contributed by atoms with Gasteiger partial charge in [-0.1, -0.05) is 11.6 Å². The van der Waals surface area contributed by atoms with Crippen molar-refractivity contribution >= 4 is 23.5 Å². The SMILES string of the molecule is O=C(O)c1ccnc(CNC(=O)c2cc(Cl)ccn2)c1. The number of carbonyl (C=O) groups excluding carboxylic acids is 1. The van der Waals surface area contributed by atoms with Gasteiger partial charge in [-0.05, 0) is 24.3 Å². The fraction of sp³-hybridized carbons (Fsp3) is 0.0769. The van der Waals surface area contributed by atoms with Crippen LogP contribution < -0.4 is 5.32 Å². The van der Waals surface area contributed by atoms with Crippen molar-refractivity contribution in [2.45, 2.75) is 6.54 Å². The van der Waals surface area contributed by atoms with Crippen LogP contribution in [0.25, 0.3) is 0 Å². The summed E-state index contributed by atoms with van der Waals surface area (Å²) in [6.45, 7) is 0.105. The van der Waals surface area contributed by atoms with Gasteiger partial charge in [0.2, 0.25) is 0 Å². The van der Waals surface area contributed by atoms with Gasteiger partial charge in [0.25, 0.3) is 5.91 Å². The zero-order chi connectivity index (χ0) is 14.5. The third-order valence-corrected chi connectivity index (χ3v) is 2.68. The number of nitrogens with zero attached hydrogens (tertiary/aromatic N) is 2. The highest BCUT2D eigenvalue weighted by Gasteiger charge is 2.09. The van der Waals surface area contributed by atoms with Crippen LogP contribution >= 0.6 is 11.6 Å². The van der Waals surface area contributed by atoms with Crippen LogP contribution in [0.1, 0.15) is 26.5 Å². The smallest absolute Gasteiger partial charge is 0.335 e. The normalized spacial score (nSPS) is 10.1. The lowest BCUT2D eigenvalue weighted by molar-refractivity contribution is 0.0696. The number of aromatic nitrogens is 2. The number of pyridine rings is 2. The van der Waals surface area contributed by atoms with Crippen molar-refractivity contribution in [3.8, 4) is 0 Å². The highest BCUT2D eigenvalue weighted by Crippen LogP contribution is 2.08. The number of halogens is 1. The van der Waals surface area contributed by atoms with Crippen LogP contribution in [0.5, 0.6) is 0 Å². The van der Waals surface area contributed by atoms with Gasteiger partial charge in [0.15, 0.2) is 0 Å². The Balaban J connectivity index is 2.03. The summed E-state index contributed by atoms with van der Waals surface area (Å²) in [6, 6.07) is 5.79. The first-order chi connectivity index (χ1) is 9.56. The quantitative estimate of drug-likeness (QED) is 0.895. The van der Waals surface area contributed by atoms with E-state index in [1.165, 1.54) is 30.6 Å². The number of hydrogen-bond acceptors (Lipinski definition) is 4. The van der Waals surface area contributed by atoms with E-state index >= 15 is 0 Å². The summed E-state index contributed by atoms with van der Waals surface area (Å²) >= 11 is 5.76. The molecular weight excluding hydrogens is 282 g/mol. The lowest BCUT2D eigenvalue weighted by Crippen LogP contribution is -2.24. The highest BCUT2D eigenvalue weighted by atomic mass is 35.5. The second kappa shape index (κ2) is 6.12. The molecule has 7 heteroatoms. The molecule has 20 heavy (non-hydrogen) atoms. The zero-order valence-corrected chi connectivity index (χ0v) is 11.0. The molecule has 0 unspecified atom stereocenters. The summed E-state index contributed by atoms with van der Waals surface area (Å²) in [5.74, 6) is -1.45. The average Bonchev–Trinajstić information content (AvgIpc) is 2.45. The van der Waals surface area contributed by atoms with Crippen molar-refractivity contribution in [1.29, 1.82) is 0 Å². The number of nitrogens with one attached hydrogen (secondary N) is 1. The molecule has 0 saturated carbocycles. The fourth-order valence-corrected chi connectivity index (χ4v) is 1.66. The standard InChI is InChI=1S/C13H10ClN3O3/c14-9-2-4-16-11(6-9)12(18)17-7-10-5-8(13(19)20)1-3-15-10/h1-6H,7H2,(H,17,18)(H,19,20). The van der Waals surface area contributed by atoms with Crippen molar-refractivity contribution in [2.24, 2.45) is 0 Å². The Morgan fingerprint density at radius 2 is 1.95 bits per heavy atom. The first-order valence-electron chi connectivity index (χ1n) is 5.64. The topological polar surface area (TPSA) is 92.2 Å². The average molecular weight is 292 g/mol. The molecule has 0 saturated heterocycles. The molecule has 0 spiro atoms. The van der Waals surface area contributed by atoms with Crippen molar-refractivity contribution in [3.63, 3.8) is 0 Å². The largest absolute Gasteiger partial charge is 0.478 e. The zero-order valence-electron chi connectivity index (χ0n) is 10.2. The van der Waals surface area contributed by atoms with Gasteiger partial charge in [0.1, 0.15) is 5.69 Å². The minimum absolute atomic E-state index is 0.105. The molecule has 0 aliphatic rings. The second-order valence-electron chi connectivity index (χ2n) is 3.88. The van der Waals surface area contributed by atoms with Gasteiger partial charge in [0.05, 0.1) is 17.8 Å². The number of amides is 1. The van der Waals surface area contributed by atoms with E-state index < -0.39 is 11.9 Å². The summed E-state index contributed by atoms with van der Waals surface area (Å²) in [5, 5.41) is 11.9. The third kappa shape index (κ3) is 3.52. The van der Waals surface area contributed by atoms with Crippen LogP contribution in [0.15, 0.2) is 36.7 Å². The maximum Gasteiger partial charge on any atom is 0.335 e. The third-order valence-electron chi connectivity index (χ3n) is 2.45. The molecule has 0 aliphatic heterocycles. The van der Waals surface area contributed by atoms with Crippen molar-refractivity contribution in [3.05, 3.63) is 58.6 Å². The first kappa shape index (κ1) is 14.0. The van der Waals surface area contributed by atoms with Crippen LogP contribution in [0.2, 0.25) is 5.02 Å². The Hall–Kier alpha value is -2.47. The van der Waals surface area contributed by atoms with Gasteiger partial charge in [0, 0.05) is 17.4 Å². The monoisotopic (exact) mass is 291 g/mol. The van der Waals surface area contributed by atoms with E-state index in [1.54, 1.807) is 6.07 Å². The van der Waals surface area contributed by atoms with Crippen molar-refractivity contribution < 1.29 is 14.7 Å². The van der Waals surface area contributed by atoms with E-state index in [1.807, 2.05) is 0 Å². The summed E-state index contributed by atoms with van der Waals surface area (Å²) in [4.78, 5) is 30.5. The number of carbonyl (C=O) groups is 2. The Labute approximate surface area is 119 Å². The van der Waals surface area contributed by atoms with Gasteiger partial charge in [-0.2, -0.15) is 0 Å². The molecule has 0 bridgehead atoms. The molecule has 2 aromatic rings. The molecule has 102 valence electrons. The number of hydrogen-bond donors (Lipinski definition) is 2. The minimum Gasteiger partial charge on any atom is -0.478 e. The fourth-order valence-electron chi connectivity index (χ4n) is 1.50. The van der Waals surface area contributed by atoms with E-state index in [0.29, 0.717) is 10.7 Å². The second-order valence-corrected chi connectivity index (χ2v) is 4.32. The summed E-state index contributed by atoms with van der Waals surface area (Å²) in [7, 11) is 0. The molecule has 0 radical (unpaired) electrons. The van der Waals surface area contributed by atoms with Crippen LogP contribution in [0, 0.1) is 0 Å². The Morgan fingerprint density at radius 3 is 2.65 bits per heavy atom. The molecule has 2 heterocycles. The Morgan fingerprint density at radius 1 is 1.20 bits per heavy atom. The maximum absolute atomic E-state index is 11.8. The molecule has 0 atom stereocenters. The van der Waals surface area contributed by atoms with Crippen LogP contribution in [0.3, 0.4) is 0 Å². The predicted molar refractivity (Wildman–Crippen MR) is 71.6 cm³/mol. The number of carboxylic acid groups (broad SMARTS) is 1. The van der Waals surface area contributed by atoms with E-state index in [2.05, 4.69) is 15.3 Å². The lowest BCUT2D eigenvalue weighted by Gasteiger charge is -2.05. The molecule has 0 fully saturated rings. The van der Waals surface area contributed by atoms with Crippen LogP contribution in [0.4, 0.5) is 0 Å². The van der Waals surface area contributed by atoms with Crippen molar-refractivity contribution in [2.75, 3.05) is 0 Å². The molecular formula is C13H10ClN3O3. The Kier molecular flexibility index (Phi) is 4.27. The summed E-state index contributed by atoms with van der Waals surface area (Å²) in [5.41, 5.74) is 0.747. The van der Waals surface area contributed by atoms with Crippen molar-refractivity contribution in [1.82, 2.24) is 15.3 Å². The van der Waals surface area contributed by atoms with Gasteiger partial charge in [-0.3, -0.25) is 14.8 Å². The van der Waals surface area contributed by atoms with Gasteiger partial charge >= 0.3 is 5.97 Å². The molecule has 1 amide bonds. The Bertz CT molecular complexity index is 661. The van der Waals surface area contributed by atoms with E-state index in [0.717, 1.165) is 0 Å². The molecule has 0 aliphatic carbocycles. The number of carboxylic acids is 1. The highest BCUT2D eigenvalue weighted by molar-refractivity contribution is 6.30.